The van der Waals surface area contributed by atoms with Gasteiger partial charge in [0.05, 0.1) is 11.8 Å². The maximum absolute atomic E-state index is 11.9. The number of amides is 1. The second kappa shape index (κ2) is 7.51. The Balaban J connectivity index is 1.99. The molecule has 1 amide bonds. The van der Waals surface area contributed by atoms with Gasteiger partial charge in [-0.05, 0) is 33.6 Å². The van der Waals surface area contributed by atoms with Crippen LogP contribution in [0.2, 0.25) is 0 Å². The molecule has 0 bridgehead atoms. The smallest absolute Gasteiger partial charge is 0.272 e. The van der Waals surface area contributed by atoms with Gasteiger partial charge in [0.25, 0.3) is 5.91 Å². The lowest BCUT2D eigenvalue weighted by Gasteiger charge is -2.01. The van der Waals surface area contributed by atoms with E-state index >= 15 is 0 Å². The van der Waals surface area contributed by atoms with Crippen LogP contribution in [0.25, 0.3) is 6.08 Å². The van der Waals surface area contributed by atoms with Crippen molar-refractivity contribution in [3.8, 4) is 0 Å². The summed E-state index contributed by atoms with van der Waals surface area (Å²) in [6, 6.07) is 12.5. The zero-order chi connectivity index (χ0) is 15.9. The van der Waals surface area contributed by atoms with Crippen molar-refractivity contribution < 1.29 is 4.79 Å². The Morgan fingerprint density at radius 1 is 1.23 bits per heavy atom. The van der Waals surface area contributed by atoms with Gasteiger partial charge in [-0.25, -0.2) is 5.43 Å². The molecule has 0 atom stereocenters. The SMILES string of the molecule is Cn1cc(C(=O)N/N=C\C(Br)=C/c2ccccc2)ccc1=O. The number of hydrazone groups is 1. The summed E-state index contributed by atoms with van der Waals surface area (Å²) in [5.41, 5.74) is 3.62. The highest BCUT2D eigenvalue weighted by Gasteiger charge is 2.04. The first kappa shape index (κ1) is 15.9. The Morgan fingerprint density at radius 2 is 1.95 bits per heavy atom. The number of nitrogens with one attached hydrogen (secondary N) is 1. The number of rotatable bonds is 4. The second-order valence-electron chi connectivity index (χ2n) is 4.51. The van der Waals surface area contributed by atoms with E-state index in [-0.39, 0.29) is 11.5 Å². The van der Waals surface area contributed by atoms with Crippen LogP contribution in [0.15, 0.2) is 63.0 Å². The van der Waals surface area contributed by atoms with E-state index < -0.39 is 0 Å². The van der Waals surface area contributed by atoms with Crippen LogP contribution in [0, 0.1) is 0 Å². The monoisotopic (exact) mass is 359 g/mol. The molecule has 2 aromatic rings. The topological polar surface area (TPSA) is 63.5 Å². The van der Waals surface area contributed by atoms with Crippen LogP contribution >= 0.6 is 15.9 Å². The van der Waals surface area contributed by atoms with Crippen LogP contribution in [-0.2, 0) is 7.05 Å². The van der Waals surface area contributed by atoms with Crippen molar-refractivity contribution in [2.75, 3.05) is 0 Å². The average Bonchev–Trinajstić information content (AvgIpc) is 2.51. The Kier molecular flexibility index (Phi) is 5.43. The zero-order valence-corrected chi connectivity index (χ0v) is 13.4. The molecule has 22 heavy (non-hydrogen) atoms. The number of aromatic nitrogens is 1. The van der Waals surface area contributed by atoms with Gasteiger partial charge in [-0.3, -0.25) is 9.59 Å². The van der Waals surface area contributed by atoms with E-state index in [1.807, 2.05) is 36.4 Å². The molecule has 0 saturated carbocycles. The van der Waals surface area contributed by atoms with Crippen molar-refractivity contribution in [3.63, 3.8) is 0 Å². The van der Waals surface area contributed by atoms with Crippen molar-refractivity contribution >= 4 is 34.1 Å². The molecule has 1 aromatic heterocycles. The maximum Gasteiger partial charge on any atom is 0.272 e. The third kappa shape index (κ3) is 4.53. The van der Waals surface area contributed by atoms with E-state index in [0.29, 0.717) is 5.56 Å². The molecule has 0 aliphatic carbocycles. The second-order valence-corrected chi connectivity index (χ2v) is 5.42. The normalized spacial score (nSPS) is 11.6. The summed E-state index contributed by atoms with van der Waals surface area (Å²) in [7, 11) is 1.58. The van der Waals surface area contributed by atoms with Gasteiger partial charge in [-0.2, -0.15) is 5.10 Å². The highest BCUT2D eigenvalue weighted by molar-refractivity contribution is 9.12. The number of nitrogens with zero attached hydrogens (tertiary/aromatic N) is 2. The molecule has 1 aromatic carbocycles. The number of hydrogen-bond donors (Lipinski definition) is 1. The summed E-state index contributed by atoms with van der Waals surface area (Å²) in [5, 5.41) is 3.87. The minimum absolute atomic E-state index is 0.173. The van der Waals surface area contributed by atoms with Crippen molar-refractivity contribution in [1.82, 2.24) is 9.99 Å². The first-order valence-electron chi connectivity index (χ1n) is 6.48. The number of benzene rings is 1. The van der Waals surface area contributed by atoms with E-state index in [1.54, 1.807) is 7.05 Å². The summed E-state index contributed by atoms with van der Waals surface area (Å²) in [4.78, 5) is 23.1. The molecule has 0 fully saturated rings. The minimum atomic E-state index is -0.383. The fraction of sp³-hybridized carbons (Fsp3) is 0.0625. The van der Waals surface area contributed by atoms with E-state index in [4.69, 9.17) is 0 Å². The molecule has 0 saturated heterocycles. The molecule has 1 heterocycles. The van der Waals surface area contributed by atoms with Crippen LogP contribution in [0.1, 0.15) is 15.9 Å². The van der Waals surface area contributed by atoms with Crippen molar-refractivity contribution in [2.24, 2.45) is 12.1 Å². The van der Waals surface area contributed by atoms with Crippen LogP contribution < -0.4 is 11.0 Å². The summed E-state index contributed by atoms with van der Waals surface area (Å²) in [6.45, 7) is 0. The third-order valence-corrected chi connectivity index (χ3v) is 3.24. The van der Waals surface area contributed by atoms with Crippen molar-refractivity contribution in [3.05, 3.63) is 74.6 Å². The Bertz CT molecular complexity index is 779. The van der Waals surface area contributed by atoms with Gasteiger partial charge in [-0.1, -0.05) is 30.3 Å². The average molecular weight is 360 g/mol. The van der Waals surface area contributed by atoms with Crippen LogP contribution in [0.5, 0.6) is 0 Å². The molecule has 112 valence electrons. The lowest BCUT2D eigenvalue weighted by Crippen LogP contribution is -2.22. The van der Waals surface area contributed by atoms with Gasteiger partial charge in [0, 0.05) is 23.8 Å². The summed E-state index contributed by atoms with van der Waals surface area (Å²) in [6.07, 6.45) is 4.83. The van der Waals surface area contributed by atoms with E-state index in [2.05, 4.69) is 26.5 Å². The first-order valence-corrected chi connectivity index (χ1v) is 7.28. The predicted octanol–water partition coefficient (Wildman–Crippen LogP) is 2.54. The van der Waals surface area contributed by atoms with Crippen LogP contribution in [0.3, 0.4) is 0 Å². The molecule has 0 spiro atoms. The molecular formula is C16H14BrN3O2. The number of aryl methyl sites for hydroxylation is 1. The van der Waals surface area contributed by atoms with Gasteiger partial charge in [0.1, 0.15) is 0 Å². The van der Waals surface area contributed by atoms with Crippen LogP contribution in [0.4, 0.5) is 0 Å². The Labute approximate surface area is 136 Å². The highest BCUT2D eigenvalue weighted by atomic mass is 79.9. The predicted molar refractivity (Wildman–Crippen MR) is 91.0 cm³/mol. The van der Waals surface area contributed by atoms with E-state index in [1.165, 1.54) is 29.1 Å². The molecule has 0 aliphatic rings. The number of carbonyl (C=O) groups is 1. The molecule has 0 unspecified atom stereocenters. The fourth-order valence-electron chi connectivity index (χ4n) is 1.69. The first-order chi connectivity index (χ1) is 10.6. The number of allylic oxidation sites excluding steroid dienone is 1. The lowest BCUT2D eigenvalue weighted by molar-refractivity contribution is 0.0954. The number of halogens is 1. The molecule has 5 nitrogen and oxygen atoms in total. The van der Waals surface area contributed by atoms with Gasteiger partial charge < -0.3 is 4.57 Å². The van der Waals surface area contributed by atoms with E-state index in [0.717, 1.165) is 10.0 Å². The summed E-state index contributed by atoms with van der Waals surface area (Å²) >= 11 is 3.36. The van der Waals surface area contributed by atoms with Gasteiger partial charge in [-0.15, -0.1) is 0 Å². The molecule has 6 heteroatoms. The fourth-order valence-corrected chi connectivity index (χ4v) is 2.06. The van der Waals surface area contributed by atoms with Crippen molar-refractivity contribution in [1.29, 1.82) is 0 Å². The molecule has 2 rings (SSSR count). The van der Waals surface area contributed by atoms with Gasteiger partial charge in [0.15, 0.2) is 0 Å². The summed E-state index contributed by atoms with van der Waals surface area (Å²) in [5.74, 6) is -0.383. The molecule has 1 N–H and O–H groups in total. The molecular weight excluding hydrogens is 346 g/mol. The van der Waals surface area contributed by atoms with Crippen LogP contribution in [-0.4, -0.2) is 16.7 Å². The molecule has 0 radical (unpaired) electrons. The maximum atomic E-state index is 11.9. The lowest BCUT2D eigenvalue weighted by atomic mass is 10.2. The minimum Gasteiger partial charge on any atom is -0.318 e. The largest absolute Gasteiger partial charge is 0.318 e. The number of carbonyl (C=O) groups excluding carboxylic acids is 1. The number of pyridine rings is 1. The molecule has 0 aliphatic heterocycles. The Hall–Kier alpha value is -2.47. The third-order valence-electron chi connectivity index (χ3n) is 2.81. The van der Waals surface area contributed by atoms with Crippen molar-refractivity contribution in [2.45, 2.75) is 0 Å². The number of hydrogen-bond acceptors (Lipinski definition) is 3. The quantitative estimate of drug-likeness (QED) is 0.673. The Morgan fingerprint density at radius 3 is 2.64 bits per heavy atom. The van der Waals surface area contributed by atoms with Gasteiger partial charge >= 0.3 is 0 Å². The van der Waals surface area contributed by atoms with E-state index in [9.17, 15) is 9.59 Å². The summed E-state index contributed by atoms with van der Waals surface area (Å²) < 4.78 is 2.06. The standard InChI is InChI=1S/C16H14BrN3O2/c1-20-11-13(7-8-15(20)21)16(22)19-18-10-14(17)9-12-5-3-2-4-6-12/h2-11H,1H3,(H,19,22)/b14-9+,18-10-. The van der Waals surface area contributed by atoms with Gasteiger partial charge in [0.2, 0.25) is 5.56 Å². The highest BCUT2D eigenvalue weighted by Crippen LogP contribution is 2.09. The zero-order valence-electron chi connectivity index (χ0n) is 11.9.